The van der Waals surface area contributed by atoms with E-state index < -0.39 is 0 Å². The van der Waals surface area contributed by atoms with Crippen molar-refractivity contribution in [3.05, 3.63) is 35.0 Å². The first kappa shape index (κ1) is 13.1. The highest BCUT2D eigenvalue weighted by Crippen LogP contribution is 2.22. The molecule has 1 heterocycles. The van der Waals surface area contributed by atoms with Crippen LogP contribution in [-0.2, 0) is 4.79 Å². The van der Waals surface area contributed by atoms with Gasteiger partial charge in [0.1, 0.15) is 0 Å². The predicted molar refractivity (Wildman–Crippen MR) is 77.9 cm³/mol. The van der Waals surface area contributed by atoms with Gasteiger partial charge in [-0.3, -0.25) is 4.79 Å². The number of thioether (sulfide) groups is 1. The second-order valence-corrected chi connectivity index (χ2v) is 5.47. The molecule has 1 aromatic heterocycles. The van der Waals surface area contributed by atoms with Gasteiger partial charge in [-0.25, -0.2) is 0 Å². The maximum atomic E-state index is 10.7. The minimum atomic E-state index is 0.128. The van der Waals surface area contributed by atoms with Gasteiger partial charge in [-0.05, 0) is 18.2 Å². The summed E-state index contributed by atoms with van der Waals surface area (Å²) in [5.74, 6) is 6.81. The molecule has 0 bridgehead atoms. The maximum Gasteiger partial charge on any atom is 0.185 e. The standard InChI is InChI=1S/C14H12ClNOS/c1-10(17)18-7-3-2-4-11-8-12-5-6-16-14(12)9-13(11)15/h5-6,8-9,16H,3,7H2,1H3. The zero-order chi connectivity index (χ0) is 13.0. The number of fused-ring (bicyclic) bond motifs is 1. The second kappa shape index (κ2) is 5.99. The molecule has 0 spiro atoms. The SMILES string of the molecule is CC(=O)SCCC#Cc1cc2cc[nH]c2cc1Cl. The molecule has 0 unspecified atom stereocenters. The number of carbonyl (C=O) groups excluding carboxylic acids is 1. The van der Waals surface area contributed by atoms with Crippen molar-refractivity contribution in [1.82, 2.24) is 4.98 Å². The third-order valence-corrected chi connectivity index (χ3v) is 3.52. The molecule has 18 heavy (non-hydrogen) atoms. The van der Waals surface area contributed by atoms with E-state index in [4.69, 9.17) is 11.6 Å². The Morgan fingerprint density at radius 3 is 3.11 bits per heavy atom. The summed E-state index contributed by atoms with van der Waals surface area (Å²) < 4.78 is 0. The molecule has 0 radical (unpaired) electrons. The van der Waals surface area contributed by atoms with E-state index in [0.717, 1.165) is 22.2 Å². The highest BCUT2D eigenvalue weighted by molar-refractivity contribution is 8.13. The molecule has 4 heteroatoms. The van der Waals surface area contributed by atoms with Crippen LogP contribution in [0.5, 0.6) is 0 Å². The zero-order valence-electron chi connectivity index (χ0n) is 9.92. The Morgan fingerprint density at radius 1 is 1.50 bits per heavy atom. The third-order valence-electron chi connectivity index (χ3n) is 2.40. The summed E-state index contributed by atoms with van der Waals surface area (Å²) in [4.78, 5) is 13.8. The average Bonchev–Trinajstić information content (AvgIpc) is 2.75. The fourth-order valence-electron chi connectivity index (χ4n) is 1.57. The van der Waals surface area contributed by atoms with Gasteiger partial charge < -0.3 is 4.98 Å². The van der Waals surface area contributed by atoms with Crippen LogP contribution >= 0.6 is 23.4 Å². The molecule has 2 rings (SSSR count). The number of benzene rings is 1. The van der Waals surface area contributed by atoms with Crippen molar-refractivity contribution in [1.29, 1.82) is 0 Å². The lowest BCUT2D eigenvalue weighted by molar-refractivity contribution is -0.109. The molecular weight excluding hydrogens is 266 g/mol. The average molecular weight is 278 g/mol. The minimum absolute atomic E-state index is 0.128. The summed E-state index contributed by atoms with van der Waals surface area (Å²) in [6.45, 7) is 1.56. The molecule has 2 aromatic rings. The van der Waals surface area contributed by atoms with Crippen molar-refractivity contribution in [3.8, 4) is 11.8 Å². The first-order chi connectivity index (χ1) is 8.66. The molecule has 0 saturated heterocycles. The van der Waals surface area contributed by atoms with Gasteiger partial charge in [-0.2, -0.15) is 0 Å². The van der Waals surface area contributed by atoms with Gasteiger partial charge >= 0.3 is 0 Å². The van der Waals surface area contributed by atoms with Crippen LogP contribution in [0.1, 0.15) is 18.9 Å². The van der Waals surface area contributed by atoms with Crippen molar-refractivity contribution < 1.29 is 4.79 Å². The van der Waals surface area contributed by atoms with Gasteiger partial charge in [0.25, 0.3) is 0 Å². The van der Waals surface area contributed by atoms with Crippen LogP contribution in [0.15, 0.2) is 24.4 Å². The number of hydrogen-bond acceptors (Lipinski definition) is 2. The number of aromatic amines is 1. The Labute approximate surface area is 115 Å². The molecule has 1 aromatic carbocycles. The molecule has 0 saturated carbocycles. The molecule has 0 amide bonds. The fraction of sp³-hybridized carbons (Fsp3) is 0.214. The molecule has 1 N–H and O–H groups in total. The van der Waals surface area contributed by atoms with E-state index in [1.807, 2.05) is 24.4 Å². The van der Waals surface area contributed by atoms with Crippen LogP contribution in [0.3, 0.4) is 0 Å². The van der Waals surface area contributed by atoms with E-state index >= 15 is 0 Å². The molecule has 0 fully saturated rings. The summed E-state index contributed by atoms with van der Waals surface area (Å²) >= 11 is 7.44. The summed E-state index contributed by atoms with van der Waals surface area (Å²) in [5.41, 5.74) is 1.84. The minimum Gasteiger partial charge on any atom is -0.361 e. The summed E-state index contributed by atoms with van der Waals surface area (Å²) in [6, 6.07) is 5.84. The summed E-state index contributed by atoms with van der Waals surface area (Å²) in [7, 11) is 0. The van der Waals surface area contributed by atoms with Crippen molar-refractivity contribution >= 4 is 39.4 Å². The van der Waals surface area contributed by atoms with E-state index in [9.17, 15) is 4.79 Å². The Hall–Kier alpha value is -1.37. The van der Waals surface area contributed by atoms with Crippen LogP contribution in [-0.4, -0.2) is 15.9 Å². The lowest BCUT2D eigenvalue weighted by Crippen LogP contribution is -1.84. The van der Waals surface area contributed by atoms with Gasteiger partial charge in [0, 0.05) is 41.8 Å². The third kappa shape index (κ3) is 3.32. The van der Waals surface area contributed by atoms with E-state index in [0.29, 0.717) is 11.4 Å². The number of aromatic nitrogens is 1. The van der Waals surface area contributed by atoms with E-state index in [-0.39, 0.29) is 5.12 Å². The van der Waals surface area contributed by atoms with Crippen molar-refractivity contribution in [2.75, 3.05) is 5.75 Å². The van der Waals surface area contributed by atoms with Crippen molar-refractivity contribution in [2.24, 2.45) is 0 Å². The van der Waals surface area contributed by atoms with E-state index in [2.05, 4.69) is 16.8 Å². The largest absolute Gasteiger partial charge is 0.361 e. The Kier molecular flexibility index (Phi) is 4.35. The monoisotopic (exact) mass is 277 g/mol. The Bertz CT molecular complexity index is 636. The lowest BCUT2D eigenvalue weighted by Gasteiger charge is -1.96. The summed E-state index contributed by atoms with van der Waals surface area (Å²) in [6.07, 6.45) is 2.56. The molecule has 0 atom stereocenters. The summed E-state index contributed by atoms with van der Waals surface area (Å²) in [5, 5.41) is 1.88. The molecular formula is C14H12ClNOS. The van der Waals surface area contributed by atoms with Gasteiger partial charge in [0.05, 0.1) is 5.02 Å². The quantitative estimate of drug-likeness (QED) is 0.668. The first-order valence-electron chi connectivity index (χ1n) is 5.55. The zero-order valence-corrected chi connectivity index (χ0v) is 11.5. The lowest BCUT2D eigenvalue weighted by atomic mass is 10.1. The number of hydrogen-bond donors (Lipinski definition) is 1. The smallest absolute Gasteiger partial charge is 0.185 e. The van der Waals surface area contributed by atoms with Crippen LogP contribution in [0.4, 0.5) is 0 Å². The number of rotatable bonds is 2. The van der Waals surface area contributed by atoms with Crippen LogP contribution in [0.25, 0.3) is 10.9 Å². The van der Waals surface area contributed by atoms with Gasteiger partial charge in [0.15, 0.2) is 5.12 Å². The van der Waals surface area contributed by atoms with Crippen molar-refractivity contribution in [3.63, 3.8) is 0 Å². The molecule has 92 valence electrons. The van der Waals surface area contributed by atoms with Crippen LogP contribution in [0, 0.1) is 11.8 Å². The molecule has 2 nitrogen and oxygen atoms in total. The maximum absolute atomic E-state index is 10.7. The Morgan fingerprint density at radius 2 is 2.33 bits per heavy atom. The highest BCUT2D eigenvalue weighted by Gasteiger charge is 2.01. The first-order valence-corrected chi connectivity index (χ1v) is 6.92. The highest BCUT2D eigenvalue weighted by atomic mass is 35.5. The molecule has 0 aliphatic heterocycles. The van der Waals surface area contributed by atoms with Gasteiger partial charge in [-0.1, -0.05) is 35.2 Å². The van der Waals surface area contributed by atoms with Crippen LogP contribution in [0.2, 0.25) is 5.02 Å². The van der Waals surface area contributed by atoms with E-state index in [1.54, 1.807) is 6.92 Å². The Balaban J connectivity index is 2.09. The number of H-pyrrole nitrogens is 1. The van der Waals surface area contributed by atoms with Crippen LogP contribution < -0.4 is 0 Å². The molecule has 0 aliphatic rings. The predicted octanol–water partition coefficient (Wildman–Crippen LogP) is 3.84. The topological polar surface area (TPSA) is 32.9 Å². The van der Waals surface area contributed by atoms with Gasteiger partial charge in [-0.15, -0.1) is 0 Å². The normalized spacial score (nSPS) is 10.1. The van der Waals surface area contributed by atoms with E-state index in [1.165, 1.54) is 11.8 Å². The number of carbonyl (C=O) groups is 1. The number of nitrogens with one attached hydrogen (secondary N) is 1. The van der Waals surface area contributed by atoms with Gasteiger partial charge in [0.2, 0.25) is 0 Å². The number of halogens is 1. The fourth-order valence-corrected chi connectivity index (χ4v) is 2.28. The second-order valence-electron chi connectivity index (χ2n) is 3.79. The molecule has 0 aliphatic carbocycles. The van der Waals surface area contributed by atoms with Crippen molar-refractivity contribution in [2.45, 2.75) is 13.3 Å².